The number of carbonyl (C=O) groups excluding carboxylic acids is 2. The van der Waals surface area contributed by atoms with Crippen molar-refractivity contribution in [3.63, 3.8) is 0 Å². The molecule has 31 heavy (non-hydrogen) atoms. The molecule has 5 rings (SSSR count). The van der Waals surface area contributed by atoms with Crippen LogP contribution in [0.3, 0.4) is 0 Å². The van der Waals surface area contributed by atoms with Crippen molar-refractivity contribution in [3.05, 3.63) is 85.0 Å². The lowest BCUT2D eigenvalue weighted by Gasteiger charge is -2.07. The average molecular weight is 491 g/mol. The van der Waals surface area contributed by atoms with Gasteiger partial charge >= 0.3 is 0 Å². The Morgan fingerprint density at radius 3 is 1.97 bits per heavy atom. The first-order chi connectivity index (χ1) is 14.8. The van der Waals surface area contributed by atoms with E-state index in [9.17, 15) is 9.59 Å². The van der Waals surface area contributed by atoms with Crippen LogP contribution in [0.4, 0.5) is 0 Å². The number of allylic oxidation sites excluding steroid dienone is 1. The van der Waals surface area contributed by atoms with E-state index in [1.165, 1.54) is 6.08 Å². The van der Waals surface area contributed by atoms with Crippen molar-refractivity contribution < 1.29 is 14.0 Å². The van der Waals surface area contributed by atoms with Gasteiger partial charge in [-0.1, -0.05) is 76.7 Å². The minimum absolute atomic E-state index is 0.0419. The SMILES string of the molecule is Cn1c(-c2ccccc2)cc2oc(C=C3C(=O)c4c(Cl)c(Cl)c(Cl)c(Cl)c4C3=O)cc21. The van der Waals surface area contributed by atoms with Crippen LogP contribution in [0, 0.1) is 0 Å². The van der Waals surface area contributed by atoms with Crippen LogP contribution in [0.2, 0.25) is 20.1 Å². The first-order valence-electron chi connectivity index (χ1n) is 9.11. The van der Waals surface area contributed by atoms with Gasteiger partial charge in [-0.25, -0.2) is 0 Å². The second kappa shape index (κ2) is 7.28. The molecule has 4 aromatic rings. The Kier molecular flexibility index (Phi) is 4.79. The number of carbonyl (C=O) groups is 2. The zero-order valence-electron chi connectivity index (χ0n) is 15.8. The smallest absolute Gasteiger partial charge is 0.199 e. The molecule has 0 aliphatic heterocycles. The quantitative estimate of drug-likeness (QED) is 0.126. The van der Waals surface area contributed by atoms with Gasteiger partial charge in [-0.3, -0.25) is 9.59 Å². The molecule has 0 atom stereocenters. The predicted octanol–water partition coefficient (Wildman–Crippen LogP) is 7.51. The maximum absolute atomic E-state index is 12.9. The van der Waals surface area contributed by atoms with Gasteiger partial charge in [0.15, 0.2) is 17.1 Å². The third kappa shape index (κ3) is 2.98. The van der Waals surface area contributed by atoms with Crippen LogP contribution in [0.25, 0.3) is 28.4 Å². The first-order valence-corrected chi connectivity index (χ1v) is 10.6. The first kappa shape index (κ1) is 20.4. The molecule has 0 unspecified atom stereocenters. The van der Waals surface area contributed by atoms with E-state index < -0.39 is 11.6 Å². The third-order valence-corrected chi connectivity index (χ3v) is 7.12. The van der Waals surface area contributed by atoms with Crippen molar-refractivity contribution in [2.24, 2.45) is 7.05 Å². The number of Topliss-reactive ketones (excluding diaryl/α,β-unsaturated/α-hetero) is 2. The number of hydrogen-bond donors (Lipinski definition) is 0. The Hall–Kier alpha value is -2.50. The lowest BCUT2D eigenvalue weighted by atomic mass is 10.1. The molecule has 0 saturated heterocycles. The van der Waals surface area contributed by atoms with Crippen molar-refractivity contribution in [3.8, 4) is 11.3 Å². The molecule has 1 aliphatic rings. The second-order valence-corrected chi connectivity index (χ2v) is 8.59. The number of halogens is 4. The Balaban J connectivity index is 1.60. The van der Waals surface area contributed by atoms with E-state index in [1.54, 1.807) is 6.07 Å². The Labute approximate surface area is 196 Å². The molecule has 0 bridgehead atoms. The number of aromatic nitrogens is 1. The minimum Gasteiger partial charge on any atom is -0.455 e. The third-order valence-electron chi connectivity index (χ3n) is 5.32. The van der Waals surface area contributed by atoms with Gasteiger partial charge in [-0.15, -0.1) is 0 Å². The van der Waals surface area contributed by atoms with Crippen LogP contribution in [0.5, 0.6) is 0 Å². The van der Waals surface area contributed by atoms with Gasteiger partial charge in [0.1, 0.15) is 5.76 Å². The van der Waals surface area contributed by atoms with E-state index in [-0.39, 0.29) is 36.8 Å². The summed E-state index contributed by atoms with van der Waals surface area (Å²) in [6.07, 6.45) is 1.39. The van der Waals surface area contributed by atoms with Crippen molar-refractivity contribution in [2.45, 2.75) is 0 Å². The van der Waals surface area contributed by atoms with E-state index in [0.29, 0.717) is 11.3 Å². The Morgan fingerprint density at radius 1 is 0.839 bits per heavy atom. The van der Waals surface area contributed by atoms with Gasteiger partial charge in [0.05, 0.1) is 48.0 Å². The normalized spacial score (nSPS) is 13.4. The standard InChI is InChI=1S/C23H11Cl4NO3/c1-28-13(10-5-3-2-4-6-10)9-15-14(28)8-11(31-15)7-12-22(29)16-17(23(12)30)19(25)21(27)20(26)18(16)24/h2-9H,1H3. The monoisotopic (exact) mass is 489 g/mol. The largest absolute Gasteiger partial charge is 0.455 e. The van der Waals surface area contributed by atoms with Crippen LogP contribution < -0.4 is 0 Å². The van der Waals surface area contributed by atoms with Crippen molar-refractivity contribution in [1.82, 2.24) is 4.57 Å². The van der Waals surface area contributed by atoms with Crippen LogP contribution in [0.15, 0.2) is 52.5 Å². The molecule has 0 N–H and O–H groups in total. The molecule has 0 saturated carbocycles. The Morgan fingerprint density at radius 2 is 1.42 bits per heavy atom. The van der Waals surface area contributed by atoms with Gasteiger partial charge in [-0.05, 0) is 11.6 Å². The number of nitrogens with zero attached hydrogens (tertiary/aromatic N) is 1. The molecule has 2 aromatic carbocycles. The molecule has 4 nitrogen and oxygen atoms in total. The van der Waals surface area contributed by atoms with Gasteiger partial charge in [0, 0.05) is 19.2 Å². The molecular weight excluding hydrogens is 480 g/mol. The van der Waals surface area contributed by atoms with Crippen molar-refractivity contribution in [1.29, 1.82) is 0 Å². The molecule has 0 spiro atoms. The fraction of sp³-hybridized carbons (Fsp3) is 0.0435. The van der Waals surface area contributed by atoms with E-state index in [2.05, 4.69) is 0 Å². The zero-order chi connectivity index (χ0) is 22.0. The maximum atomic E-state index is 12.9. The molecule has 154 valence electrons. The molecule has 0 amide bonds. The highest BCUT2D eigenvalue weighted by Crippen LogP contribution is 2.46. The van der Waals surface area contributed by atoms with Gasteiger partial charge in [0.2, 0.25) is 0 Å². The van der Waals surface area contributed by atoms with Gasteiger partial charge in [-0.2, -0.15) is 0 Å². The van der Waals surface area contributed by atoms with Crippen LogP contribution in [-0.4, -0.2) is 16.1 Å². The van der Waals surface area contributed by atoms with E-state index in [1.807, 2.05) is 48.0 Å². The lowest BCUT2D eigenvalue weighted by molar-refractivity contribution is 0.0990. The zero-order valence-corrected chi connectivity index (χ0v) is 18.8. The maximum Gasteiger partial charge on any atom is 0.199 e. The lowest BCUT2D eigenvalue weighted by Crippen LogP contribution is -2.00. The summed E-state index contributed by atoms with van der Waals surface area (Å²) in [4.78, 5) is 25.9. The van der Waals surface area contributed by atoms with Crippen molar-refractivity contribution >= 4 is 75.1 Å². The number of rotatable bonds is 2. The summed E-state index contributed by atoms with van der Waals surface area (Å²) in [7, 11) is 1.92. The molecule has 2 aromatic heterocycles. The molecule has 1 aliphatic carbocycles. The summed E-state index contributed by atoms with van der Waals surface area (Å²) < 4.78 is 7.88. The number of hydrogen-bond acceptors (Lipinski definition) is 3. The highest BCUT2D eigenvalue weighted by atomic mass is 35.5. The van der Waals surface area contributed by atoms with Gasteiger partial charge in [0.25, 0.3) is 0 Å². The average Bonchev–Trinajstić information content (AvgIpc) is 3.38. The Bertz CT molecular complexity index is 1410. The number of ketones is 2. The summed E-state index contributed by atoms with van der Waals surface area (Å²) >= 11 is 24.5. The summed E-state index contributed by atoms with van der Waals surface area (Å²) in [6, 6.07) is 13.6. The van der Waals surface area contributed by atoms with Gasteiger partial charge < -0.3 is 8.98 Å². The second-order valence-electron chi connectivity index (χ2n) is 7.08. The van der Waals surface area contributed by atoms with E-state index in [4.69, 9.17) is 50.8 Å². The number of furan rings is 1. The van der Waals surface area contributed by atoms with E-state index in [0.717, 1.165) is 16.8 Å². The molecular formula is C23H11Cl4NO3. The predicted molar refractivity (Wildman–Crippen MR) is 124 cm³/mol. The minimum atomic E-state index is -0.573. The molecule has 0 radical (unpaired) electrons. The number of benzene rings is 2. The summed E-state index contributed by atoms with van der Waals surface area (Å²) in [5.41, 5.74) is 3.29. The summed E-state index contributed by atoms with van der Waals surface area (Å²) in [6.45, 7) is 0. The molecule has 0 fully saturated rings. The number of aryl methyl sites for hydroxylation is 1. The van der Waals surface area contributed by atoms with Crippen LogP contribution in [0.1, 0.15) is 26.5 Å². The highest BCUT2D eigenvalue weighted by Gasteiger charge is 2.39. The topological polar surface area (TPSA) is 52.2 Å². The van der Waals surface area contributed by atoms with Crippen LogP contribution in [-0.2, 0) is 7.05 Å². The fourth-order valence-electron chi connectivity index (χ4n) is 3.79. The highest BCUT2D eigenvalue weighted by molar-refractivity contribution is 6.57. The molecule has 2 heterocycles. The summed E-state index contributed by atoms with van der Waals surface area (Å²) in [5, 5.41) is -0.312. The van der Waals surface area contributed by atoms with Crippen LogP contribution >= 0.6 is 46.4 Å². The van der Waals surface area contributed by atoms with E-state index >= 15 is 0 Å². The summed E-state index contributed by atoms with van der Waals surface area (Å²) in [5.74, 6) is -0.791. The number of fused-ring (bicyclic) bond motifs is 2. The fourth-order valence-corrected chi connectivity index (χ4v) is 4.82. The molecule has 8 heteroatoms. The van der Waals surface area contributed by atoms with Crippen molar-refractivity contribution in [2.75, 3.05) is 0 Å².